The largest absolute Gasteiger partial charge is 0.393 e. The van der Waals surface area contributed by atoms with Gasteiger partial charge in [-0.05, 0) is 31.4 Å². The Hall–Kier alpha value is -1.31. The van der Waals surface area contributed by atoms with Gasteiger partial charge < -0.3 is 9.67 Å². The summed E-state index contributed by atoms with van der Waals surface area (Å²) in [6, 6.07) is 4.18. The third kappa shape index (κ3) is 2.51. The van der Waals surface area contributed by atoms with Crippen molar-refractivity contribution in [3.8, 4) is 6.07 Å². The van der Waals surface area contributed by atoms with Crippen molar-refractivity contribution in [1.29, 1.82) is 5.26 Å². The maximum absolute atomic E-state index is 9.46. The summed E-state index contributed by atoms with van der Waals surface area (Å²) in [5.41, 5.74) is 3.10. The molecule has 0 bridgehead atoms. The molecule has 1 aliphatic rings. The lowest BCUT2D eigenvalue weighted by Gasteiger charge is -2.29. The van der Waals surface area contributed by atoms with Gasteiger partial charge in [0.05, 0.1) is 6.10 Å². The van der Waals surface area contributed by atoms with E-state index in [0.717, 1.165) is 43.9 Å². The third-order valence-electron chi connectivity index (χ3n) is 3.71. The Morgan fingerprint density at radius 3 is 2.65 bits per heavy atom. The molecule has 0 spiro atoms. The summed E-state index contributed by atoms with van der Waals surface area (Å²) in [7, 11) is 1.93. The fraction of sp³-hybridized carbons (Fsp3) is 0.615. The summed E-state index contributed by atoms with van der Waals surface area (Å²) in [5.74, 6) is 0. The van der Waals surface area contributed by atoms with Crippen LogP contribution in [0.3, 0.4) is 0 Å². The van der Waals surface area contributed by atoms with Gasteiger partial charge in [0.25, 0.3) is 0 Å². The molecule has 0 unspecified atom stereocenters. The minimum Gasteiger partial charge on any atom is -0.393 e. The number of rotatable bonds is 2. The van der Waals surface area contributed by atoms with Gasteiger partial charge in [0.1, 0.15) is 11.8 Å². The van der Waals surface area contributed by atoms with Crippen molar-refractivity contribution in [2.24, 2.45) is 7.05 Å². The predicted molar refractivity (Wildman–Crippen MR) is 65.4 cm³/mol. The summed E-state index contributed by atoms with van der Waals surface area (Å²) in [6.07, 6.45) is 1.59. The Morgan fingerprint density at radius 1 is 1.47 bits per heavy atom. The molecule has 92 valence electrons. The zero-order valence-corrected chi connectivity index (χ0v) is 10.5. The Morgan fingerprint density at radius 2 is 2.12 bits per heavy atom. The van der Waals surface area contributed by atoms with Crippen molar-refractivity contribution in [2.45, 2.75) is 32.4 Å². The predicted octanol–water partition coefficient (Wildman–Crippen LogP) is 1.16. The molecule has 2 heterocycles. The monoisotopic (exact) mass is 233 g/mol. The van der Waals surface area contributed by atoms with Crippen LogP contribution in [0, 0.1) is 18.3 Å². The first-order valence-electron chi connectivity index (χ1n) is 6.07. The molecule has 0 saturated carbocycles. The van der Waals surface area contributed by atoms with Gasteiger partial charge in [-0.2, -0.15) is 5.26 Å². The van der Waals surface area contributed by atoms with E-state index in [0.29, 0.717) is 0 Å². The number of hydrogen-bond donors (Lipinski definition) is 1. The van der Waals surface area contributed by atoms with Gasteiger partial charge in [-0.1, -0.05) is 0 Å². The molecule has 0 aromatic carbocycles. The number of likely N-dealkylation sites (tertiary alicyclic amines) is 1. The smallest absolute Gasteiger partial charge is 0.120 e. The van der Waals surface area contributed by atoms with E-state index in [9.17, 15) is 5.11 Å². The lowest BCUT2D eigenvalue weighted by atomic mass is 10.1. The van der Waals surface area contributed by atoms with E-state index in [2.05, 4.69) is 17.9 Å². The van der Waals surface area contributed by atoms with Crippen molar-refractivity contribution in [1.82, 2.24) is 9.47 Å². The number of aliphatic hydroxyl groups excluding tert-OH is 1. The molecule has 17 heavy (non-hydrogen) atoms. The van der Waals surface area contributed by atoms with Crippen molar-refractivity contribution < 1.29 is 5.11 Å². The minimum absolute atomic E-state index is 0.127. The van der Waals surface area contributed by atoms with E-state index in [1.165, 1.54) is 5.56 Å². The second-order valence-electron chi connectivity index (χ2n) is 4.82. The molecule has 4 heteroatoms. The average Bonchev–Trinajstić information content (AvgIpc) is 2.60. The molecule has 0 atom stereocenters. The van der Waals surface area contributed by atoms with Crippen LogP contribution in [0.5, 0.6) is 0 Å². The van der Waals surface area contributed by atoms with Crippen LogP contribution in [0.25, 0.3) is 0 Å². The van der Waals surface area contributed by atoms with Crippen LogP contribution in [0.4, 0.5) is 0 Å². The average molecular weight is 233 g/mol. The second-order valence-corrected chi connectivity index (χ2v) is 4.82. The Balaban J connectivity index is 2.07. The molecule has 1 fully saturated rings. The standard InChI is InChI=1S/C13H19N3O/c1-10-11(7-12(8-14)15(10)2)9-16-5-3-13(17)4-6-16/h7,13,17H,3-6,9H2,1-2H3. The Labute approximate surface area is 102 Å². The van der Waals surface area contributed by atoms with Crippen LogP contribution in [-0.2, 0) is 13.6 Å². The Bertz CT molecular complexity index is 436. The van der Waals surface area contributed by atoms with E-state index in [1.54, 1.807) is 0 Å². The second kappa shape index (κ2) is 4.91. The van der Waals surface area contributed by atoms with Crippen LogP contribution >= 0.6 is 0 Å². The highest BCUT2D eigenvalue weighted by atomic mass is 16.3. The number of piperidine rings is 1. The number of hydrogen-bond acceptors (Lipinski definition) is 3. The number of nitriles is 1. The van der Waals surface area contributed by atoms with Crippen LogP contribution < -0.4 is 0 Å². The molecule has 1 N–H and O–H groups in total. The fourth-order valence-electron chi connectivity index (χ4n) is 2.35. The Kier molecular flexibility index (Phi) is 3.51. The number of aliphatic hydroxyl groups is 1. The molecule has 0 aliphatic carbocycles. The molecule has 0 radical (unpaired) electrons. The zero-order chi connectivity index (χ0) is 12.4. The van der Waals surface area contributed by atoms with Gasteiger partial charge in [-0.25, -0.2) is 0 Å². The van der Waals surface area contributed by atoms with Crippen molar-refractivity contribution in [3.05, 3.63) is 23.0 Å². The van der Waals surface area contributed by atoms with Gasteiger partial charge in [0.2, 0.25) is 0 Å². The lowest BCUT2D eigenvalue weighted by Crippen LogP contribution is -2.35. The van der Waals surface area contributed by atoms with Crippen molar-refractivity contribution in [3.63, 3.8) is 0 Å². The van der Waals surface area contributed by atoms with Crippen LogP contribution in [0.1, 0.15) is 29.8 Å². The number of nitrogens with zero attached hydrogens (tertiary/aromatic N) is 3. The molecule has 1 aliphatic heterocycles. The summed E-state index contributed by atoms with van der Waals surface area (Å²) in [5, 5.41) is 18.4. The van der Waals surface area contributed by atoms with Crippen LogP contribution in [0.15, 0.2) is 6.07 Å². The third-order valence-corrected chi connectivity index (χ3v) is 3.71. The summed E-state index contributed by atoms with van der Waals surface area (Å²) < 4.78 is 1.94. The summed E-state index contributed by atoms with van der Waals surface area (Å²) >= 11 is 0. The van der Waals surface area contributed by atoms with E-state index in [4.69, 9.17) is 5.26 Å². The SMILES string of the molecule is Cc1c(CN2CCC(O)CC2)cc(C#N)n1C. The highest BCUT2D eigenvalue weighted by Gasteiger charge is 2.18. The summed E-state index contributed by atoms with van der Waals surface area (Å²) in [6.45, 7) is 4.82. The molecule has 1 aromatic heterocycles. The molecular formula is C13H19N3O. The highest BCUT2D eigenvalue weighted by molar-refractivity contribution is 5.34. The topological polar surface area (TPSA) is 52.2 Å². The van der Waals surface area contributed by atoms with Gasteiger partial charge in [-0.3, -0.25) is 4.90 Å². The zero-order valence-electron chi connectivity index (χ0n) is 10.5. The minimum atomic E-state index is -0.127. The van der Waals surface area contributed by atoms with E-state index in [-0.39, 0.29) is 6.10 Å². The first-order chi connectivity index (χ1) is 8.11. The highest BCUT2D eigenvalue weighted by Crippen LogP contribution is 2.18. The molecular weight excluding hydrogens is 214 g/mol. The molecule has 1 aromatic rings. The first-order valence-corrected chi connectivity index (χ1v) is 6.07. The number of aromatic nitrogens is 1. The molecule has 1 saturated heterocycles. The van der Waals surface area contributed by atoms with E-state index >= 15 is 0 Å². The van der Waals surface area contributed by atoms with Crippen molar-refractivity contribution in [2.75, 3.05) is 13.1 Å². The van der Waals surface area contributed by atoms with Gasteiger partial charge in [0.15, 0.2) is 0 Å². The van der Waals surface area contributed by atoms with Crippen molar-refractivity contribution >= 4 is 0 Å². The molecule has 4 nitrogen and oxygen atoms in total. The van der Waals surface area contributed by atoms with Crippen LogP contribution in [0.2, 0.25) is 0 Å². The van der Waals surface area contributed by atoms with E-state index in [1.807, 2.05) is 17.7 Å². The summed E-state index contributed by atoms with van der Waals surface area (Å²) in [4.78, 5) is 2.34. The first kappa shape index (κ1) is 12.2. The maximum atomic E-state index is 9.46. The maximum Gasteiger partial charge on any atom is 0.120 e. The molecule has 2 rings (SSSR count). The molecule has 0 amide bonds. The van der Waals surface area contributed by atoms with E-state index < -0.39 is 0 Å². The quantitative estimate of drug-likeness (QED) is 0.834. The normalized spacial score (nSPS) is 18.2. The lowest BCUT2D eigenvalue weighted by molar-refractivity contribution is 0.0791. The van der Waals surface area contributed by atoms with Gasteiger partial charge in [-0.15, -0.1) is 0 Å². The van der Waals surface area contributed by atoms with Crippen LogP contribution in [-0.4, -0.2) is 33.8 Å². The van der Waals surface area contributed by atoms with Gasteiger partial charge in [0, 0.05) is 32.4 Å². The van der Waals surface area contributed by atoms with Gasteiger partial charge >= 0.3 is 0 Å². The fourth-order valence-corrected chi connectivity index (χ4v) is 2.35.